The molecule has 0 aromatic heterocycles. The van der Waals surface area contributed by atoms with E-state index in [2.05, 4.69) is 10.6 Å². The Morgan fingerprint density at radius 1 is 1.44 bits per heavy atom. The van der Waals surface area contributed by atoms with Crippen molar-refractivity contribution in [3.8, 4) is 0 Å². The standard InChI is InChI=1S/C11H12N2O2S/c1-11(9(14)12-2)10(15)13-7-5-3-4-6-8(7)16-11/h3-6H,1-2H3,(H,12,14)(H,13,15). The van der Waals surface area contributed by atoms with Gasteiger partial charge in [-0.15, -0.1) is 0 Å². The van der Waals surface area contributed by atoms with E-state index in [4.69, 9.17) is 0 Å². The highest BCUT2D eigenvalue weighted by atomic mass is 32.2. The van der Waals surface area contributed by atoms with E-state index < -0.39 is 4.75 Å². The summed E-state index contributed by atoms with van der Waals surface area (Å²) in [5.74, 6) is -0.569. The number of hydrogen-bond donors (Lipinski definition) is 2. The van der Waals surface area contributed by atoms with Crippen molar-refractivity contribution >= 4 is 29.3 Å². The molecule has 4 nitrogen and oxygen atoms in total. The van der Waals surface area contributed by atoms with Crippen molar-refractivity contribution in [2.45, 2.75) is 16.6 Å². The van der Waals surface area contributed by atoms with Crippen LogP contribution in [0.2, 0.25) is 0 Å². The minimum atomic E-state index is -1.09. The Morgan fingerprint density at radius 2 is 2.12 bits per heavy atom. The lowest BCUT2D eigenvalue weighted by atomic mass is 10.1. The molecule has 0 radical (unpaired) electrons. The summed E-state index contributed by atoms with van der Waals surface area (Å²) in [4.78, 5) is 24.5. The van der Waals surface area contributed by atoms with Gasteiger partial charge in [0.05, 0.1) is 5.69 Å². The minimum Gasteiger partial charge on any atom is -0.358 e. The van der Waals surface area contributed by atoms with Crippen molar-refractivity contribution in [3.63, 3.8) is 0 Å². The van der Waals surface area contributed by atoms with E-state index in [1.165, 1.54) is 18.8 Å². The monoisotopic (exact) mass is 236 g/mol. The number of rotatable bonds is 1. The van der Waals surface area contributed by atoms with Crippen LogP contribution in [0.15, 0.2) is 29.2 Å². The van der Waals surface area contributed by atoms with Crippen LogP contribution in [0.3, 0.4) is 0 Å². The number of anilines is 1. The zero-order valence-corrected chi connectivity index (χ0v) is 9.85. The van der Waals surface area contributed by atoms with Crippen molar-refractivity contribution in [1.29, 1.82) is 0 Å². The molecule has 1 aromatic carbocycles. The molecule has 84 valence electrons. The molecule has 1 heterocycles. The van der Waals surface area contributed by atoms with Gasteiger partial charge in [-0.1, -0.05) is 23.9 Å². The molecule has 0 spiro atoms. The number of thioether (sulfide) groups is 1. The van der Waals surface area contributed by atoms with Gasteiger partial charge in [-0.05, 0) is 19.1 Å². The van der Waals surface area contributed by atoms with Gasteiger partial charge in [0.15, 0.2) is 4.75 Å². The first-order valence-electron chi connectivity index (χ1n) is 4.89. The molecule has 2 rings (SSSR count). The van der Waals surface area contributed by atoms with Crippen LogP contribution in [-0.4, -0.2) is 23.6 Å². The van der Waals surface area contributed by atoms with Crippen LogP contribution in [0.1, 0.15) is 6.92 Å². The zero-order chi connectivity index (χ0) is 11.8. The summed E-state index contributed by atoms with van der Waals surface area (Å²) in [5, 5.41) is 5.26. The summed E-state index contributed by atoms with van der Waals surface area (Å²) in [6.45, 7) is 1.63. The first-order valence-corrected chi connectivity index (χ1v) is 5.71. The van der Waals surface area contributed by atoms with Crippen LogP contribution in [-0.2, 0) is 9.59 Å². The van der Waals surface area contributed by atoms with Crippen LogP contribution in [0.4, 0.5) is 5.69 Å². The molecule has 16 heavy (non-hydrogen) atoms. The molecular formula is C11H12N2O2S. The van der Waals surface area contributed by atoms with Gasteiger partial charge in [-0.25, -0.2) is 0 Å². The molecule has 1 aliphatic heterocycles. The molecule has 2 amide bonds. The molecular weight excluding hydrogens is 224 g/mol. The summed E-state index contributed by atoms with van der Waals surface area (Å²) in [7, 11) is 1.53. The first kappa shape index (κ1) is 11.0. The second-order valence-electron chi connectivity index (χ2n) is 3.66. The molecule has 1 atom stereocenters. The van der Waals surface area contributed by atoms with Gasteiger partial charge < -0.3 is 10.6 Å². The number of hydrogen-bond acceptors (Lipinski definition) is 3. The van der Waals surface area contributed by atoms with Gasteiger partial charge in [0.25, 0.3) is 0 Å². The van der Waals surface area contributed by atoms with Crippen LogP contribution < -0.4 is 10.6 Å². The van der Waals surface area contributed by atoms with Gasteiger partial charge in [0.2, 0.25) is 11.8 Å². The third-order valence-electron chi connectivity index (χ3n) is 2.54. The quantitative estimate of drug-likeness (QED) is 0.721. The molecule has 1 aromatic rings. The summed E-state index contributed by atoms with van der Waals surface area (Å²) in [6, 6.07) is 7.44. The average Bonchev–Trinajstić information content (AvgIpc) is 2.29. The largest absolute Gasteiger partial charge is 0.358 e. The fraction of sp³-hybridized carbons (Fsp3) is 0.273. The number of para-hydroxylation sites is 1. The maximum absolute atomic E-state index is 11.9. The summed E-state index contributed by atoms with van der Waals surface area (Å²) in [5.41, 5.74) is 0.763. The Morgan fingerprint density at radius 3 is 2.81 bits per heavy atom. The van der Waals surface area contributed by atoms with Crippen LogP contribution >= 0.6 is 11.8 Å². The van der Waals surface area contributed by atoms with Gasteiger partial charge >= 0.3 is 0 Å². The van der Waals surface area contributed by atoms with Crippen molar-refractivity contribution in [2.24, 2.45) is 0 Å². The lowest BCUT2D eigenvalue weighted by Gasteiger charge is -2.31. The van der Waals surface area contributed by atoms with Crippen molar-refractivity contribution in [1.82, 2.24) is 5.32 Å². The third kappa shape index (κ3) is 1.57. The van der Waals surface area contributed by atoms with Crippen LogP contribution in [0, 0.1) is 0 Å². The molecule has 5 heteroatoms. The fourth-order valence-electron chi connectivity index (χ4n) is 1.55. The molecule has 2 N–H and O–H groups in total. The van der Waals surface area contributed by atoms with Crippen LogP contribution in [0.25, 0.3) is 0 Å². The average molecular weight is 236 g/mol. The van der Waals surface area contributed by atoms with Crippen molar-refractivity contribution in [2.75, 3.05) is 12.4 Å². The summed E-state index contributed by atoms with van der Waals surface area (Å²) < 4.78 is -1.09. The van der Waals surface area contributed by atoms with Gasteiger partial charge in [-0.3, -0.25) is 9.59 Å². The second-order valence-corrected chi connectivity index (χ2v) is 5.13. The first-order chi connectivity index (χ1) is 7.58. The summed E-state index contributed by atoms with van der Waals surface area (Å²) >= 11 is 1.28. The van der Waals surface area contributed by atoms with E-state index in [1.54, 1.807) is 6.92 Å². The maximum Gasteiger partial charge on any atom is 0.250 e. The van der Waals surface area contributed by atoms with E-state index in [-0.39, 0.29) is 11.8 Å². The molecule has 0 aliphatic carbocycles. The molecule has 1 aliphatic rings. The highest BCUT2D eigenvalue weighted by Crippen LogP contribution is 2.42. The van der Waals surface area contributed by atoms with E-state index in [1.807, 2.05) is 24.3 Å². The van der Waals surface area contributed by atoms with Crippen molar-refractivity contribution in [3.05, 3.63) is 24.3 Å². The molecule has 0 fully saturated rings. The Hall–Kier alpha value is -1.49. The number of nitrogens with one attached hydrogen (secondary N) is 2. The molecule has 0 saturated heterocycles. The van der Waals surface area contributed by atoms with E-state index in [9.17, 15) is 9.59 Å². The van der Waals surface area contributed by atoms with Gasteiger partial charge in [-0.2, -0.15) is 0 Å². The number of fused-ring (bicyclic) bond motifs is 1. The number of amides is 2. The second kappa shape index (κ2) is 3.83. The molecule has 1 unspecified atom stereocenters. The predicted octanol–water partition coefficient (Wildman–Crippen LogP) is 1.24. The summed E-state index contributed by atoms with van der Waals surface area (Å²) in [6.07, 6.45) is 0. The Balaban J connectivity index is 2.41. The Kier molecular flexibility index (Phi) is 2.63. The zero-order valence-electron chi connectivity index (χ0n) is 9.03. The highest BCUT2D eigenvalue weighted by molar-refractivity contribution is 8.02. The van der Waals surface area contributed by atoms with Crippen molar-refractivity contribution < 1.29 is 9.59 Å². The van der Waals surface area contributed by atoms with Gasteiger partial charge in [0, 0.05) is 11.9 Å². The predicted molar refractivity (Wildman–Crippen MR) is 63.4 cm³/mol. The third-order valence-corrected chi connectivity index (χ3v) is 3.90. The van der Waals surface area contributed by atoms with E-state index in [0.717, 1.165) is 10.6 Å². The normalized spacial score (nSPS) is 23.2. The Labute approximate surface area is 97.8 Å². The maximum atomic E-state index is 11.9. The number of carbonyl (C=O) groups is 2. The smallest absolute Gasteiger partial charge is 0.250 e. The number of benzene rings is 1. The molecule has 0 bridgehead atoms. The lowest BCUT2D eigenvalue weighted by molar-refractivity contribution is -0.129. The van der Waals surface area contributed by atoms with E-state index >= 15 is 0 Å². The van der Waals surface area contributed by atoms with Crippen LogP contribution in [0.5, 0.6) is 0 Å². The molecule has 0 saturated carbocycles. The van der Waals surface area contributed by atoms with E-state index in [0.29, 0.717) is 0 Å². The Bertz CT molecular complexity index is 461. The lowest BCUT2D eigenvalue weighted by Crippen LogP contribution is -2.51. The highest BCUT2D eigenvalue weighted by Gasteiger charge is 2.45. The minimum absolute atomic E-state index is 0.282. The fourth-order valence-corrected chi connectivity index (χ4v) is 2.71. The topological polar surface area (TPSA) is 58.2 Å². The van der Waals surface area contributed by atoms with Gasteiger partial charge in [0.1, 0.15) is 0 Å². The number of carbonyl (C=O) groups excluding carboxylic acids is 2. The SMILES string of the molecule is CNC(=O)C1(C)Sc2ccccc2NC1=O.